The SMILES string of the molecule is Nc1ccc(F)c(F)c1NCCC(=O)N1CCCC1. The molecule has 1 heterocycles. The first-order chi connectivity index (χ1) is 9.09. The lowest BCUT2D eigenvalue weighted by atomic mass is 10.2. The number of amides is 1. The Balaban J connectivity index is 1.89. The van der Waals surface area contributed by atoms with Gasteiger partial charge in [0.25, 0.3) is 0 Å². The summed E-state index contributed by atoms with van der Waals surface area (Å²) in [7, 11) is 0. The average Bonchev–Trinajstić information content (AvgIpc) is 2.92. The zero-order valence-electron chi connectivity index (χ0n) is 10.6. The van der Waals surface area contributed by atoms with Crippen LogP contribution in [-0.2, 0) is 4.79 Å². The van der Waals surface area contributed by atoms with Crippen molar-refractivity contribution in [3.05, 3.63) is 23.8 Å². The normalized spacial score (nSPS) is 14.7. The fourth-order valence-electron chi connectivity index (χ4n) is 2.16. The zero-order valence-corrected chi connectivity index (χ0v) is 10.6. The molecule has 1 aromatic rings. The molecule has 0 bridgehead atoms. The van der Waals surface area contributed by atoms with Gasteiger partial charge in [-0.1, -0.05) is 0 Å². The van der Waals surface area contributed by atoms with Gasteiger partial charge in [0, 0.05) is 26.1 Å². The van der Waals surface area contributed by atoms with Crippen LogP contribution < -0.4 is 11.1 Å². The summed E-state index contributed by atoms with van der Waals surface area (Å²) < 4.78 is 26.5. The van der Waals surface area contributed by atoms with Crippen molar-refractivity contribution in [3.63, 3.8) is 0 Å². The first-order valence-corrected chi connectivity index (χ1v) is 6.34. The van der Waals surface area contributed by atoms with Crippen molar-refractivity contribution in [2.24, 2.45) is 0 Å². The van der Waals surface area contributed by atoms with Crippen molar-refractivity contribution in [1.29, 1.82) is 0 Å². The Morgan fingerprint density at radius 1 is 1.32 bits per heavy atom. The van der Waals surface area contributed by atoms with E-state index in [1.54, 1.807) is 4.90 Å². The van der Waals surface area contributed by atoms with Gasteiger partial charge in [-0.3, -0.25) is 4.79 Å². The highest BCUT2D eigenvalue weighted by atomic mass is 19.2. The van der Waals surface area contributed by atoms with E-state index in [2.05, 4.69) is 5.32 Å². The van der Waals surface area contributed by atoms with E-state index >= 15 is 0 Å². The van der Waals surface area contributed by atoms with E-state index in [0.29, 0.717) is 0 Å². The number of benzene rings is 1. The Bertz CT molecular complexity index is 473. The molecule has 0 unspecified atom stereocenters. The third-order valence-electron chi connectivity index (χ3n) is 3.23. The number of halogens is 2. The monoisotopic (exact) mass is 269 g/mol. The summed E-state index contributed by atoms with van der Waals surface area (Å²) in [6, 6.07) is 2.27. The minimum atomic E-state index is -1.01. The van der Waals surface area contributed by atoms with Crippen LogP contribution in [0.4, 0.5) is 20.2 Å². The van der Waals surface area contributed by atoms with Gasteiger partial charge in [0.2, 0.25) is 5.91 Å². The highest BCUT2D eigenvalue weighted by molar-refractivity contribution is 5.77. The van der Waals surface area contributed by atoms with Crippen molar-refractivity contribution < 1.29 is 13.6 Å². The Kier molecular flexibility index (Phi) is 4.19. The zero-order chi connectivity index (χ0) is 13.8. The van der Waals surface area contributed by atoms with Crippen LogP contribution in [0.2, 0.25) is 0 Å². The molecule has 1 fully saturated rings. The second kappa shape index (κ2) is 5.86. The molecule has 4 nitrogen and oxygen atoms in total. The quantitative estimate of drug-likeness (QED) is 0.822. The summed E-state index contributed by atoms with van der Waals surface area (Å²) in [4.78, 5) is 13.5. The highest BCUT2D eigenvalue weighted by Gasteiger charge is 2.18. The number of carbonyl (C=O) groups is 1. The van der Waals surface area contributed by atoms with Gasteiger partial charge in [0.15, 0.2) is 11.6 Å². The third-order valence-corrected chi connectivity index (χ3v) is 3.23. The van der Waals surface area contributed by atoms with Crippen molar-refractivity contribution in [2.45, 2.75) is 19.3 Å². The van der Waals surface area contributed by atoms with Crippen molar-refractivity contribution >= 4 is 17.3 Å². The van der Waals surface area contributed by atoms with Crippen LogP contribution in [0, 0.1) is 11.6 Å². The van der Waals surface area contributed by atoms with Crippen LogP contribution in [0.15, 0.2) is 12.1 Å². The second-order valence-electron chi connectivity index (χ2n) is 4.59. The van der Waals surface area contributed by atoms with E-state index < -0.39 is 11.6 Å². The number of nitrogens with two attached hydrogens (primary N) is 1. The lowest BCUT2D eigenvalue weighted by molar-refractivity contribution is -0.129. The molecule has 0 aromatic heterocycles. The van der Waals surface area contributed by atoms with Crippen LogP contribution in [0.25, 0.3) is 0 Å². The van der Waals surface area contributed by atoms with Crippen LogP contribution in [0.1, 0.15) is 19.3 Å². The van der Waals surface area contributed by atoms with E-state index in [-0.39, 0.29) is 30.2 Å². The predicted molar refractivity (Wildman–Crippen MR) is 69.7 cm³/mol. The summed E-state index contributed by atoms with van der Waals surface area (Å²) in [6.45, 7) is 1.81. The second-order valence-corrected chi connectivity index (χ2v) is 4.59. The molecule has 19 heavy (non-hydrogen) atoms. The smallest absolute Gasteiger partial charge is 0.224 e. The number of rotatable bonds is 4. The number of hydrogen-bond acceptors (Lipinski definition) is 3. The van der Waals surface area contributed by atoms with E-state index in [0.717, 1.165) is 32.0 Å². The molecule has 0 spiro atoms. The standard InChI is InChI=1S/C13H17F2N3O/c14-9-3-4-10(16)13(12(9)15)17-6-5-11(19)18-7-1-2-8-18/h3-4,17H,1-2,5-8,16H2. The molecule has 1 saturated heterocycles. The van der Waals surface area contributed by atoms with Gasteiger partial charge in [-0.2, -0.15) is 0 Å². The summed E-state index contributed by atoms with van der Waals surface area (Å²) in [6.07, 6.45) is 2.31. The van der Waals surface area contributed by atoms with Gasteiger partial charge in [-0.05, 0) is 25.0 Å². The number of anilines is 2. The van der Waals surface area contributed by atoms with Gasteiger partial charge in [-0.15, -0.1) is 0 Å². The van der Waals surface area contributed by atoms with E-state index in [1.807, 2.05) is 0 Å². The Hall–Kier alpha value is -1.85. The molecule has 0 aliphatic carbocycles. The molecule has 1 aliphatic heterocycles. The lowest BCUT2D eigenvalue weighted by Gasteiger charge is -2.16. The average molecular weight is 269 g/mol. The molecule has 0 radical (unpaired) electrons. The molecule has 2 rings (SSSR count). The fraction of sp³-hybridized carbons (Fsp3) is 0.462. The fourth-order valence-corrected chi connectivity index (χ4v) is 2.16. The van der Waals surface area contributed by atoms with Crippen molar-refractivity contribution in [1.82, 2.24) is 4.90 Å². The van der Waals surface area contributed by atoms with Gasteiger partial charge >= 0.3 is 0 Å². The molecule has 6 heteroatoms. The van der Waals surface area contributed by atoms with E-state index in [4.69, 9.17) is 5.73 Å². The van der Waals surface area contributed by atoms with Gasteiger partial charge in [-0.25, -0.2) is 8.78 Å². The van der Waals surface area contributed by atoms with Gasteiger partial charge in [0.05, 0.1) is 11.4 Å². The molecule has 1 aliphatic rings. The first kappa shape index (κ1) is 13.6. The number of nitrogen functional groups attached to an aromatic ring is 1. The summed E-state index contributed by atoms with van der Waals surface area (Å²) in [5, 5.41) is 2.69. The van der Waals surface area contributed by atoms with Crippen molar-refractivity contribution in [2.75, 3.05) is 30.7 Å². The number of hydrogen-bond donors (Lipinski definition) is 2. The molecule has 0 saturated carbocycles. The maximum atomic E-state index is 13.5. The Morgan fingerprint density at radius 3 is 2.68 bits per heavy atom. The largest absolute Gasteiger partial charge is 0.397 e. The van der Waals surface area contributed by atoms with Gasteiger partial charge < -0.3 is 16.0 Å². The first-order valence-electron chi connectivity index (χ1n) is 6.34. The molecule has 1 amide bonds. The number of nitrogens with zero attached hydrogens (tertiary/aromatic N) is 1. The minimum absolute atomic E-state index is 0.0281. The number of carbonyl (C=O) groups excluding carboxylic acids is 1. The molecule has 1 aromatic carbocycles. The molecule has 104 valence electrons. The van der Waals surface area contributed by atoms with Crippen LogP contribution in [0.3, 0.4) is 0 Å². The molecule has 3 N–H and O–H groups in total. The van der Waals surface area contributed by atoms with Crippen LogP contribution in [-0.4, -0.2) is 30.4 Å². The predicted octanol–water partition coefficient (Wildman–Crippen LogP) is 1.97. The highest BCUT2D eigenvalue weighted by Crippen LogP contribution is 2.24. The van der Waals surface area contributed by atoms with Crippen LogP contribution >= 0.6 is 0 Å². The number of likely N-dealkylation sites (tertiary alicyclic amines) is 1. The maximum Gasteiger partial charge on any atom is 0.224 e. The Labute approximate surface area is 110 Å². The third kappa shape index (κ3) is 3.13. The van der Waals surface area contributed by atoms with E-state index in [1.165, 1.54) is 6.07 Å². The molecular formula is C13H17F2N3O. The summed E-state index contributed by atoms with van der Waals surface area (Å²) in [5.74, 6) is -1.93. The van der Waals surface area contributed by atoms with Crippen molar-refractivity contribution in [3.8, 4) is 0 Å². The number of nitrogens with one attached hydrogen (secondary N) is 1. The molecule has 0 atom stereocenters. The van der Waals surface area contributed by atoms with E-state index in [9.17, 15) is 13.6 Å². The lowest BCUT2D eigenvalue weighted by Crippen LogP contribution is -2.29. The summed E-state index contributed by atoms with van der Waals surface area (Å²) in [5.41, 5.74) is 5.62. The topological polar surface area (TPSA) is 58.4 Å². The van der Waals surface area contributed by atoms with Crippen LogP contribution in [0.5, 0.6) is 0 Å². The molecular weight excluding hydrogens is 252 g/mol. The Morgan fingerprint density at radius 2 is 2.00 bits per heavy atom. The minimum Gasteiger partial charge on any atom is -0.397 e. The maximum absolute atomic E-state index is 13.5. The van der Waals surface area contributed by atoms with Gasteiger partial charge in [0.1, 0.15) is 0 Å². The summed E-state index contributed by atoms with van der Waals surface area (Å²) >= 11 is 0.